The van der Waals surface area contributed by atoms with E-state index >= 15 is 0 Å². The van der Waals surface area contributed by atoms with E-state index in [4.69, 9.17) is 20.8 Å². The maximum atomic E-state index is 12.3. The second-order valence-electron chi connectivity index (χ2n) is 5.53. The minimum absolute atomic E-state index is 0.00244. The molecule has 0 fully saturated rings. The van der Waals surface area contributed by atoms with E-state index < -0.39 is 5.97 Å². The van der Waals surface area contributed by atoms with Crippen LogP contribution in [0.1, 0.15) is 16.4 Å². The van der Waals surface area contributed by atoms with E-state index in [0.717, 1.165) is 0 Å². The van der Waals surface area contributed by atoms with E-state index in [1.807, 2.05) is 0 Å². The van der Waals surface area contributed by atoms with E-state index in [1.165, 1.54) is 0 Å². The second kappa shape index (κ2) is 7.00. The van der Waals surface area contributed by atoms with Gasteiger partial charge in [0.15, 0.2) is 12.3 Å². The summed E-state index contributed by atoms with van der Waals surface area (Å²) >= 11 is 5.85. The molecule has 8 nitrogen and oxygen atoms in total. The summed E-state index contributed by atoms with van der Waals surface area (Å²) in [5.41, 5.74) is 0.312. The molecule has 0 spiro atoms. The molecular formula is C18H11ClN4O4. The maximum absolute atomic E-state index is 12.3. The van der Waals surface area contributed by atoms with Gasteiger partial charge in [-0.2, -0.15) is 5.10 Å². The zero-order chi connectivity index (χ0) is 18.8. The Morgan fingerprint density at radius 1 is 1.07 bits per heavy atom. The van der Waals surface area contributed by atoms with Gasteiger partial charge in [-0.3, -0.25) is 4.79 Å². The van der Waals surface area contributed by atoms with Gasteiger partial charge < -0.3 is 9.15 Å². The Balaban J connectivity index is 1.51. The quantitative estimate of drug-likeness (QED) is 0.540. The molecule has 4 rings (SSSR count). The van der Waals surface area contributed by atoms with Crippen molar-refractivity contribution in [1.82, 2.24) is 20.4 Å². The summed E-state index contributed by atoms with van der Waals surface area (Å²) in [6, 6.07) is 13.5. The molecule has 0 aliphatic carbocycles. The zero-order valence-corrected chi connectivity index (χ0v) is 14.4. The van der Waals surface area contributed by atoms with E-state index in [9.17, 15) is 9.59 Å². The van der Waals surface area contributed by atoms with Crippen LogP contribution < -0.4 is 5.56 Å². The first-order chi connectivity index (χ1) is 13.1. The average Bonchev–Trinajstić information content (AvgIpc) is 3.16. The Morgan fingerprint density at radius 2 is 1.81 bits per heavy atom. The van der Waals surface area contributed by atoms with Crippen LogP contribution in [0.15, 0.2) is 57.7 Å². The van der Waals surface area contributed by atoms with Crippen molar-refractivity contribution in [2.75, 3.05) is 0 Å². The average molecular weight is 383 g/mol. The summed E-state index contributed by atoms with van der Waals surface area (Å²) in [6.45, 7) is -0.228. The Labute approximate surface area is 156 Å². The Hall–Kier alpha value is -3.52. The highest BCUT2D eigenvalue weighted by Gasteiger charge is 2.17. The van der Waals surface area contributed by atoms with Crippen LogP contribution in [-0.4, -0.2) is 26.4 Å². The topological polar surface area (TPSA) is 111 Å². The number of halogens is 1. The second-order valence-corrected chi connectivity index (χ2v) is 5.97. The molecule has 0 aliphatic rings. The first kappa shape index (κ1) is 16.9. The molecule has 1 N–H and O–H groups in total. The predicted octanol–water partition coefficient (Wildman–Crippen LogP) is 2.98. The van der Waals surface area contributed by atoms with Crippen molar-refractivity contribution in [3.63, 3.8) is 0 Å². The molecule has 9 heteroatoms. The fraction of sp³-hybridized carbons (Fsp3) is 0.0556. The Bertz CT molecular complexity index is 1180. The molecule has 2 aromatic carbocycles. The smallest absolute Gasteiger partial charge is 0.359 e. The predicted molar refractivity (Wildman–Crippen MR) is 96.2 cm³/mol. The summed E-state index contributed by atoms with van der Waals surface area (Å²) < 4.78 is 10.7. The van der Waals surface area contributed by atoms with Crippen LogP contribution in [0.2, 0.25) is 5.02 Å². The molecule has 0 amide bonds. The molecule has 134 valence electrons. The van der Waals surface area contributed by atoms with Crippen LogP contribution in [0.25, 0.3) is 22.2 Å². The van der Waals surface area contributed by atoms with Crippen molar-refractivity contribution in [3.8, 4) is 11.5 Å². The number of esters is 1. The van der Waals surface area contributed by atoms with Gasteiger partial charge in [-0.1, -0.05) is 29.8 Å². The molecule has 4 aromatic rings. The highest BCUT2D eigenvalue weighted by molar-refractivity contribution is 6.30. The highest BCUT2D eigenvalue weighted by Crippen LogP contribution is 2.20. The van der Waals surface area contributed by atoms with Crippen LogP contribution in [0, 0.1) is 0 Å². The normalized spacial score (nSPS) is 10.9. The van der Waals surface area contributed by atoms with Gasteiger partial charge in [-0.25, -0.2) is 9.89 Å². The lowest BCUT2D eigenvalue weighted by molar-refractivity contribution is 0.0433. The number of rotatable bonds is 4. The highest BCUT2D eigenvalue weighted by atomic mass is 35.5. The van der Waals surface area contributed by atoms with Crippen molar-refractivity contribution in [2.45, 2.75) is 6.61 Å². The number of aromatic nitrogens is 4. The van der Waals surface area contributed by atoms with Crippen LogP contribution in [0.4, 0.5) is 0 Å². The van der Waals surface area contributed by atoms with Gasteiger partial charge in [0.25, 0.3) is 11.4 Å². The molecular weight excluding hydrogens is 372 g/mol. The maximum Gasteiger partial charge on any atom is 0.359 e. The largest absolute Gasteiger partial charge is 0.451 e. The van der Waals surface area contributed by atoms with Crippen molar-refractivity contribution in [3.05, 3.63) is 75.5 Å². The molecule has 0 radical (unpaired) electrons. The fourth-order valence-corrected chi connectivity index (χ4v) is 2.61. The van der Waals surface area contributed by atoms with Crippen molar-refractivity contribution >= 4 is 28.3 Å². The number of H-pyrrole nitrogens is 1. The van der Waals surface area contributed by atoms with Gasteiger partial charge >= 0.3 is 5.97 Å². The van der Waals surface area contributed by atoms with Gasteiger partial charge in [0.1, 0.15) is 0 Å². The molecule has 0 unspecified atom stereocenters. The minimum atomic E-state index is -0.714. The number of fused-ring (bicyclic) bond motifs is 1. The molecule has 0 bridgehead atoms. The summed E-state index contributed by atoms with van der Waals surface area (Å²) in [7, 11) is 0. The Kier molecular flexibility index (Phi) is 4.39. The molecule has 0 atom stereocenters. The SMILES string of the molecule is O=C(OCc1nnc(-c2ccc(Cl)cc2)o1)c1n[nH]c(=O)c2ccccc12. The number of ether oxygens (including phenoxy) is 1. The van der Waals surface area contributed by atoms with Crippen molar-refractivity contribution < 1.29 is 13.9 Å². The minimum Gasteiger partial charge on any atom is -0.451 e. The third-order valence-electron chi connectivity index (χ3n) is 3.77. The number of nitrogens with one attached hydrogen (secondary N) is 1. The number of carbonyl (C=O) groups excluding carboxylic acids is 1. The molecule has 0 saturated heterocycles. The summed E-state index contributed by atoms with van der Waals surface area (Å²) in [5.74, 6) is -0.305. The van der Waals surface area contributed by atoms with Crippen molar-refractivity contribution in [2.24, 2.45) is 0 Å². The van der Waals surface area contributed by atoms with Gasteiger partial charge in [-0.05, 0) is 30.3 Å². The first-order valence-corrected chi connectivity index (χ1v) is 8.22. The van der Waals surface area contributed by atoms with E-state index in [-0.39, 0.29) is 29.6 Å². The lowest BCUT2D eigenvalue weighted by Crippen LogP contribution is -2.16. The lowest BCUT2D eigenvalue weighted by Gasteiger charge is -2.04. The van der Waals surface area contributed by atoms with E-state index in [2.05, 4.69) is 20.4 Å². The summed E-state index contributed by atoms with van der Waals surface area (Å²) in [6.07, 6.45) is 0. The number of hydrogen-bond donors (Lipinski definition) is 1. The number of nitrogens with zero attached hydrogens (tertiary/aromatic N) is 3. The summed E-state index contributed by atoms with van der Waals surface area (Å²) in [5, 5.41) is 15.2. The number of hydrogen-bond acceptors (Lipinski definition) is 7. The van der Waals surface area contributed by atoms with Gasteiger partial charge in [0.05, 0.1) is 5.39 Å². The van der Waals surface area contributed by atoms with Crippen LogP contribution in [0.3, 0.4) is 0 Å². The lowest BCUT2D eigenvalue weighted by atomic mass is 10.1. The Morgan fingerprint density at radius 3 is 2.59 bits per heavy atom. The van der Waals surface area contributed by atoms with Crippen LogP contribution >= 0.6 is 11.6 Å². The fourth-order valence-electron chi connectivity index (χ4n) is 2.49. The molecule has 2 heterocycles. The van der Waals surface area contributed by atoms with E-state index in [0.29, 0.717) is 21.4 Å². The molecule has 0 saturated carbocycles. The molecule has 0 aliphatic heterocycles. The van der Waals surface area contributed by atoms with E-state index in [1.54, 1.807) is 48.5 Å². The molecule has 27 heavy (non-hydrogen) atoms. The van der Waals surface area contributed by atoms with Gasteiger partial charge in [0, 0.05) is 16.0 Å². The summed E-state index contributed by atoms with van der Waals surface area (Å²) in [4.78, 5) is 24.1. The van der Waals surface area contributed by atoms with Crippen LogP contribution in [-0.2, 0) is 11.3 Å². The first-order valence-electron chi connectivity index (χ1n) is 7.84. The number of carbonyl (C=O) groups is 1. The standard InChI is InChI=1S/C18H11ClN4O4/c19-11-7-5-10(6-8-11)17-23-20-14(27-17)9-26-18(25)15-12-3-1-2-4-13(12)16(24)22-21-15/h1-8H,9H2,(H,22,24). The number of aromatic amines is 1. The third-order valence-corrected chi connectivity index (χ3v) is 4.03. The monoisotopic (exact) mass is 382 g/mol. The van der Waals surface area contributed by atoms with Crippen LogP contribution in [0.5, 0.6) is 0 Å². The van der Waals surface area contributed by atoms with Gasteiger partial charge in [-0.15, -0.1) is 10.2 Å². The third kappa shape index (κ3) is 3.42. The molecule has 2 aromatic heterocycles. The van der Waals surface area contributed by atoms with Crippen molar-refractivity contribution in [1.29, 1.82) is 0 Å². The van der Waals surface area contributed by atoms with Gasteiger partial charge in [0.2, 0.25) is 5.89 Å². The number of benzene rings is 2. The zero-order valence-electron chi connectivity index (χ0n) is 13.7.